The van der Waals surface area contributed by atoms with Gasteiger partial charge in [-0.1, -0.05) is 30.9 Å². The summed E-state index contributed by atoms with van der Waals surface area (Å²) in [5, 5.41) is 21.3. The fraction of sp³-hybridized carbons (Fsp3) is 0.290. The van der Waals surface area contributed by atoms with Crippen molar-refractivity contribution in [3.63, 3.8) is 0 Å². The van der Waals surface area contributed by atoms with E-state index in [1.165, 1.54) is 22.6 Å². The van der Waals surface area contributed by atoms with Gasteiger partial charge in [0.1, 0.15) is 23.5 Å². The topological polar surface area (TPSA) is 103 Å². The van der Waals surface area contributed by atoms with Gasteiger partial charge in [-0.3, -0.25) is 20.6 Å². The third kappa shape index (κ3) is 5.36. The minimum Gasteiger partial charge on any atom is -0.383 e. The van der Waals surface area contributed by atoms with E-state index in [0.717, 1.165) is 33.9 Å². The summed E-state index contributed by atoms with van der Waals surface area (Å²) in [7, 11) is 2.01. The number of aliphatic imine (C=N–C) groups is 1. The average Bonchev–Trinajstić information content (AvgIpc) is 3.62. The first-order valence-electron chi connectivity index (χ1n) is 13.5. The smallest absolute Gasteiger partial charge is 0.132 e. The van der Waals surface area contributed by atoms with Gasteiger partial charge in [0.2, 0.25) is 0 Å². The van der Waals surface area contributed by atoms with Crippen LogP contribution in [0.15, 0.2) is 83.2 Å². The lowest BCUT2D eigenvalue weighted by atomic mass is 9.91. The van der Waals surface area contributed by atoms with Crippen molar-refractivity contribution in [3.05, 3.63) is 95.2 Å². The van der Waals surface area contributed by atoms with Crippen LogP contribution in [0, 0.1) is 17.1 Å². The van der Waals surface area contributed by atoms with Crippen LogP contribution in [-0.4, -0.2) is 45.0 Å². The Bertz CT molecular complexity index is 1720. The summed E-state index contributed by atoms with van der Waals surface area (Å²) in [5.74, 6) is -0.270. The first-order chi connectivity index (χ1) is 19.8. The molecule has 0 saturated carbocycles. The molecule has 0 saturated heterocycles. The molecule has 2 aromatic heterocycles. The molecule has 2 aromatic carbocycles. The molecule has 0 fully saturated rings. The Morgan fingerprint density at radius 2 is 2.05 bits per heavy atom. The molecule has 3 N–H and O–H groups in total. The summed E-state index contributed by atoms with van der Waals surface area (Å²) >= 11 is 1.86. The van der Waals surface area contributed by atoms with Crippen LogP contribution in [0.3, 0.4) is 0 Å². The Kier molecular flexibility index (Phi) is 7.34. The van der Waals surface area contributed by atoms with E-state index in [-0.39, 0.29) is 12.0 Å². The molecule has 0 aliphatic carbocycles. The third-order valence-electron chi connectivity index (χ3n) is 7.83. The van der Waals surface area contributed by atoms with Crippen molar-refractivity contribution >= 4 is 39.9 Å². The number of thioether (sulfide) groups is 1. The van der Waals surface area contributed by atoms with Gasteiger partial charge in [0.15, 0.2) is 0 Å². The molecule has 0 spiro atoms. The second kappa shape index (κ2) is 11.1. The van der Waals surface area contributed by atoms with E-state index in [4.69, 9.17) is 4.99 Å². The summed E-state index contributed by atoms with van der Waals surface area (Å²) in [6.45, 7) is 7.40. The van der Waals surface area contributed by atoms with Crippen LogP contribution in [-0.2, 0) is 13.6 Å². The van der Waals surface area contributed by atoms with Gasteiger partial charge in [-0.05, 0) is 53.6 Å². The summed E-state index contributed by atoms with van der Waals surface area (Å²) in [6.07, 6.45) is 8.19. The van der Waals surface area contributed by atoms with Crippen LogP contribution in [0.5, 0.6) is 0 Å². The van der Waals surface area contributed by atoms with Crippen molar-refractivity contribution in [2.45, 2.75) is 42.9 Å². The van der Waals surface area contributed by atoms with Crippen LogP contribution in [0.1, 0.15) is 29.7 Å². The predicted molar refractivity (Wildman–Crippen MR) is 163 cm³/mol. The molecule has 0 amide bonds. The van der Waals surface area contributed by atoms with E-state index < -0.39 is 11.6 Å². The van der Waals surface area contributed by atoms with E-state index in [1.807, 2.05) is 42.8 Å². The third-order valence-corrected chi connectivity index (χ3v) is 9.20. The molecule has 8 nitrogen and oxygen atoms in total. The lowest BCUT2D eigenvalue weighted by Gasteiger charge is -2.42. The monoisotopic (exact) mass is 566 g/mol. The number of hydrogen-bond donors (Lipinski definition) is 3. The first-order valence-corrected chi connectivity index (χ1v) is 14.4. The number of nitrogens with zero attached hydrogens (tertiary/aromatic N) is 5. The number of hydrogen-bond acceptors (Lipinski definition) is 8. The maximum Gasteiger partial charge on any atom is 0.132 e. The van der Waals surface area contributed by atoms with Crippen molar-refractivity contribution in [2.75, 3.05) is 6.54 Å². The fourth-order valence-corrected chi connectivity index (χ4v) is 6.62. The van der Waals surface area contributed by atoms with Crippen LogP contribution >= 0.6 is 11.8 Å². The molecule has 208 valence electrons. The molecule has 6 rings (SSSR count). The number of rotatable bonds is 8. The second-order valence-electron chi connectivity index (χ2n) is 10.6. The van der Waals surface area contributed by atoms with Crippen molar-refractivity contribution in [1.29, 1.82) is 5.26 Å². The molecule has 10 heteroatoms. The Hall–Kier alpha value is -4.04. The number of halogens is 1. The molecule has 41 heavy (non-hydrogen) atoms. The van der Waals surface area contributed by atoms with Crippen LogP contribution in [0.25, 0.3) is 21.9 Å². The van der Waals surface area contributed by atoms with Crippen molar-refractivity contribution < 1.29 is 4.39 Å². The maximum absolute atomic E-state index is 13.3. The van der Waals surface area contributed by atoms with Gasteiger partial charge >= 0.3 is 0 Å². The van der Waals surface area contributed by atoms with Crippen LogP contribution < -0.4 is 16.0 Å². The quantitative estimate of drug-likeness (QED) is 0.280. The van der Waals surface area contributed by atoms with Gasteiger partial charge in [0, 0.05) is 42.7 Å². The SMILES string of the molecule is C=C(NCc1ccc(F)cc1)C1(C)N[C@@H](C#N)C=NC1NCC1=CC[C@@H](c2ccc3ncc4ncn(C)c4c3c2)S1. The van der Waals surface area contributed by atoms with Crippen molar-refractivity contribution in [2.24, 2.45) is 12.0 Å². The van der Waals surface area contributed by atoms with Crippen molar-refractivity contribution in [3.8, 4) is 6.07 Å². The van der Waals surface area contributed by atoms with E-state index in [2.05, 4.69) is 62.8 Å². The van der Waals surface area contributed by atoms with E-state index in [9.17, 15) is 9.65 Å². The van der Waals surface area contributed by atoms with Gasteiger partial charge in [-0.2, -0.15) is 5.26 Å². The Morgan fingerprint density at radius 3 is 2.85 bits per heavy atom. The largest absolute Gasteiger partial charge is 0.383 e. The highest BCUT2D eigenvalue weighted by Crippen LogP contribution is 2.44. The predicted octanol–water partition coefficient (Wildman–Crippen LogP) is 4.87. The summed E-state index contributed by atoms with van der Waals surface area (Å²) in [4.78, 5) is 15.0. The number of aromatic nitrogens is 3. The fourth-order valence-electron chi connectivity index (χ4n) is 5.42. The molecule has 0 radical (unpaired) electrons. The number of pyridine rings is 1. The number of fused-ring (bicyclic) bond motifs is 3. The minimum atomic E-state index is -0.724. The zero-order valence-corrected chi connectivity index (χ0v) is 23.8. The lowest BCUT2D eigenvalue weighted by Crippen LogP contribution is -2.65. The molecular weight excluding hydrogens is 535 g/mol. The van der Waals surface area contributed by atoms with Crippen LogP contribution in [0.2, 0.25) is 0 Å². The molecule has 0 bridgehead atoms. The molecule has 4 aromatic rings. The van der Waals surface area contributed by atoms with Crippen molar-refractivity contribution in [1.82, 2.24) is 30.5 Å². The van der Waals surface area contributed by atoms with E-state index in [1.54, 1.807) is 18.3 Å². The molecule has 4 heterocycles. The molecule has 2 aliphatic heterocycles. The number of nitrogens with one attached hydrogen (secondary N) is 3. The number of allylic oxidation sites excluding steroid dienone is 1. The number of imidazole rings is 1. The minimum absolute atomic E-state index is 0.270. The Morgan fingerprint density at radius 1 is 1.22 bits per heavy atom. The molecule has 2 aliphatic rings. The average molecular weight is 567 g/mol. The highest BCUT2D eigenvalue weighted by atomic mass is 32.2. The normalized spacial score (nSPS) is 24.0. The summed E-state index contributed by atoms with van der Waals surface area (Å²) < 4.78 is 15.4. The van der Waals surface area contributed by atoms with E-state index in [0.29, 0.717) is 24.0 Å². The number of nitriles is 1. The number of aryl methyl sites for hydroxylation is 1. The number of benzene rings is 2. The molecular formula is C31H31FN8S. The highest BCUT2D eigenvalue weighted by Gasteiger charge is 2.41. The van der Waals surface area contributed by atoms with Gasteiger partial charge < -0.3 is 9.88 Å². The molecule has 2 unspecified atom stereocenters. The van der Waals surface area contributed by atoms with Gasteiger partial charge in [0.25, 0.3) is 0 Å². The highest BCUT2D eigenvalue weighted by molar-refractivity contribution is 8.03. The Labute approximate surface area is 242 Å². The summed E-state index contributed by atoms with van der Waals surface area (Å²) in [5.41, 5.74) is 5.14. The lowest BCUT2D eigenvalue weighted by molar-refractivity contribution is 0.283. The second-order valence-corrected chi connectivity index (χ2v) is 12.0. The van der Waals surface area contributed by atoms with E-state index >= 15 is 0 Å². The standard InChI is InChI=1S/C31H31FN8S/c1-19(34-14-20-4-7-22(32)8-5-20)31(2)30(36-15-23(13-33)39-31)37-16-24-9-11-28(41-24)21-6-10-26-25(12-21)29-27(17-35-26)38-18-40(29)3/h4-10,12,15,17-18,23,28,30,34,37,39H,1,11,14,16H2,2-3H3/t23-,28-,30?,31?/m0/s1. The van der Waals surface area contributed by atoms with Gasteiger partial charge in [0.05, 0.1) is 35.2 Å². The summed E-state index contributed by atoms with van der Waals surface area (Å²) in [6, 6.07) is 14.6. The first kappa shape index (κ1) is 27.1. The Balaban J connectivity index is 1.13. The molecule has 4 atom stereocenters. The van der Waals surface area contributed by atoms with Gasteiger partial charge in [-0.15, -0.1) is 11.8 Å². The zero-order valence-electron chi connectivity index (χ0n) is 22.9. The maximum atomic E-state index is 13.3. The van der Waals surface area contributed by atoms with Crippen LogP contribution in [0.4, 0.5) is 4.39 Å². The zero-order chi connectivity index (χ0) is 28.6. The van der Waals surface area contributed by atoms with Gasteiger partial charge in [-0.25, -0.2) is 9.37 Å².